The highest BCUT2D eigenvalue weighted by molar-refractivity contribution is 8.00. The van der Waals surface area contributed by atoms with Crippen molar-refractivity contribution in [1.29, 1.82) is 0 Å². The highest BCUT2D eigenvalue weighted by Crippen LogP contribution is 2.29. The van der Waals surface area contributed by atoms with Crippen LogP contribution in [0.5, 0.6) is 11.5 Å². The van der Waals surface area contributed by atoms with Gasteiger partial charge in [0.15, 0.2) is 5.16 Å². The highest BCUT2D eigenvalue weighted by Gasteiger charge is 2.19. The molecule has 1 aromatic heterocycles. The number of benzene rings is 2. The van der Waals surface area contributed by atoms with E-state index in [0.717, 1.165) is 16.2 Å². The summed E-state index contributed by atoms with van der Waals surface area (Å²) in [5, 5.41) is 3.39. The molecule has 26 heavy (non-hydrogen) atoms. The molecule has 0 radical (unpaired) electrons. The summed E-state index contributed by atoms with van der Waals surface area (Å²) >= 11 is 1.42. The third-order valence-corrected chi connectivity index (χ3v) is 5.16. The largest absolute Gasteiger partial charge is 0.497 e. The number of nitrogens with zero attached hydrogens (tertiary/aromatic N) is 2. The number of carbonyl (C=O) groups excluding carboxylic acids is 1. The van der Waals surface area contributed by atoms with Crippen LogP contribution in [0.1, 0.15) is 6.92 Å². The van der Waals surface area contributed by atoms with Gasteiger partial charge in [-0.15, -0.1) is 0 Å². The molecule has 1 heterocycles. The van der Waals surface area contributed by atoms with Crippen LogP contribution in [0, 0.1) is 0 Å². The van der Waals surface area contributed by atoms with Gasteiger partial charge in [-0.3, -0.25) is 4.79 Å². The fraction of sp³-hybridized carbons (Fsp3) is 0.263. The van der Waals surface area contributed by atoms with Gasteiger partial charge in [-0.1, -0.05) is 23.9 Å². The number of rotatable bonds is 6. The predicted molar refractivity (Wildman–Crippen MR) is 104 cm³/mol. The van der Waals surface area contributed by atoms with E-state index >= 15 is 0 Å². The summed E-state index contributed by atoms with van der Waals surface area (Å²) in [6, 6.07) is 13.2. The summed E-state index contributed by atoms with van der Waals surface area (Å²) in [6.07, 6.45) is 0. The Morgan fingerprint density at radius 2 is 1.81 bits per heavy atom. The maximum absolute atomic E-state index is 12.6. The number of amides is 1. The fourth-order valence-corrected chi connectivity index (χ4v) is 3.45. The van der Waals surface area contributed by atoms with Gasteiger partial charge in [0.25, 0.3) is 0 Å². The summed E-state index contributed by atoms with van der Waals surface area (Å²) in [5.74, 6) is 1.13. The molecule has 1 amide bonds. The summed E-state index contributed by atoms with van der Waals surface area (Å²) in [6.45, 7) is 1.86. The van der Waals surface area contributed by atoms with Crippen LogP contribution >= 0.6 is 11.8 Å². The Labute approximate surface area is 156 Å². The number of thioether (sulfide) groups is 1. The van der Waals surface area contributed by atoms with E-state index in [9.17, 15) is 4.79 Å². The zero-order valence-electron chi connectivity index (χ0n) is 15.1. The minimum atomic E-state index is -0.317. The lowest BCUT2D eigenvalue weighted by atomic mass is 10.2. The number of aryl methyl sites for hydroxylation is 1. The fourth-order valence-electron chi connectivity index (χ4n) is 2.56. The molecule has 0 fully saturated rings. The molecule has 1 atom stereocenters. The minimum absolute atomic E-state index is 0.114. The first-order valence-electron chi connectivity index (χ1n) is 8.14. The van der Waals surface area contributed by atoms with Crippen LogP contribution in [-0.2, 0) is 11.8 Å². The number of anilines is 1. The maximum atomic E-state index is 12.6. The first-order chi connectivity index (χ1) is 12.5. The lowest BCUT2D eigenvalue weighted by Gasteiger charge is -2.13. The Morgan fingerprint density at radius 1 is 1.15 bits per heavy atom. The average Bonchev–Trinajstić information content (AvgIpc) is 2.97. The second-order valence-electron chi connectivity index (χ2n) is 5.79. The number of methoxy groups -OCH3 is 2. The van der Waals surface area contributed by atoms with Crippen molar-refractivity contribution < 1.29 is 14.3 Å². The molecular weight excluding hydrogens is 350 g/mol. The Bertz CT molecular complexity index is 917. The van der Waals surface area contributed by atoms with Crippen LogP contribution in [0.4, 0.5) is 5.69 Å². The quantitative estimate of drug-likeness (QED) is 0.669. The summed E-state index contributed by atoms with van der Waals surface area (Å²) in [4.78, 5) is 17.2. The molecule has 0 aliphatic carbocycles. The lowest BCUT2D eigenvalue weighted by molar-refractivity contribution is -0.115. The number of carbonyl (C=O) groups is 1. The molecule has 0 unspecified atom stereocenters. The number of nitrogens with one attached hydrogen (secondary N) is 1. The van der Waals surface area contributed by atoms with Crippen molar-refractivity contribution in [2.75, 3.05) is 19.5 Å². The first-order valence-corrected chi connectivity index (χ1v) is 9.02. The molecule has 3 aromatic rings. The van der Waals surface area contributed by atoms with Crippen molar-refractivity contribution in [2.24, 2.45) is 7.05 Å². The number of ether oxygens (including phenoxy) is 2. The molecule has 7 heteroatoms. The number of hydrogen-bond acceptors (Lipinski definition) is 5. The Morgan fingerprint density at radius 3 is 2.42 bits per heavy atom. The van der Waals surface area contributed by atoms with Crippen molar-refractivity contribution in [3.63, 3.8) is 0 Å². The summed E-state index contributed by atoms with van der Waals surface area (Å²) in [7, 11) is 5.10. The van der Waals surface area contributed by atoms with E-state index in [1.165, 1.54) is 11.8 Å². The van der Waals surface area contributed by atoms with Crippen molar-refractivity contribution in [3.8, 4) is 11.5 Å². The standard InChI is InChI=1S/C19H21N3O3S/c1-12(26-19-21-16-7-5-6-8-17(16)22(19)2)18(23)20-13-9-14(24-3)11-15(10-13)25-4/h5-12H,1-4H3,(H,20,23)/t12-/m1/s1. The summed E-state index contributed by atoms with van der Waals surface area (Å²) < 4.78 is 12.5. The first kappa shape index (κ1) is 18.1. The smallest absolute Gasteiger partial charge is 0.237 e. The van der Waals surface area contributed by atoms with E-state index < -0.39 is 0 Å². The maximum Gasteiger partial charge on any atom is 0.237 e. The molecule has 0 saturated heterocycles. The van der Waals surface area contributed by atoms with Gasteiger partial charge in [-0.05, 0) is 19.1 Å². The number of imidazole rings is 1. The number of hydrogen-bond donors (Lipinski definition) is 1. The van der Waals surface area contributed by atoms with E-state index in [0.29, 0.717) is 17.2 Å². The van der Waals surface area contributed by atoms with Crippen LogP contribution in [0.25, 0.3) is 11.0 Å². The second kappa shape index (κ2) is 7.70. The van der Waals surface area contributed by atoms with Gasteiger partial charge in [0.1, 0.15) is 11.5 Å². The Kier molecular flexibility index (Phi) is 5.37. The minimum Gasteiger partial charge on any atom is -0.497 e. The molecular formula is C19H21N3O3S. The van der Waals surface area contributed by atoms with Gasteiger partial charge < -0.3 is 19.4 Å². The van der Waals surface area contributed by atoms with Crippen LogP contribution in [-0.4, -0.2) is 34.9 Å². The molecule has 0 bridgehead atoms. The molecule has 136 valence electrons. The van der Waals surface area contributed by atoms with E-state index in [2.05, 4.69) is 10.3 Å². The van der Waals surface area contributed by atoms with Crippen molar-refractivity contribution in [1.82, 2.24) is 9.55 Å². The molecule has 0 aliphatic rings. The highest BCUT2D eigenvalue weighted by atomic mass is 32.2. The normalized spacial score (nSPS) is 12.0. The summed E-state index contributed by atoms with van der Waals surface area (Å²) in [5.41, 5.74) is 2.59. The number of aromatic nitrogens is 2. The van der Waals surface area contributed by atoms with Crippen molar-refractivity contribution >= 4 is 34.4 Å². The van der Waals surface area contributed by atoms with Crippen molar-refractivity contribution in [2.45, 2.75) is 17.3 Å². The molecule has 1 N–H and O–H groups in total. The van der Waals surface area contributed by atoms with Crippen LogP contribution in [0.15, 0.2) is 47.6 Å². The lowest BCUT2D eigenvalue weighted by Crippen LogP contribution is -2.22. The van der Waals surface area contributed by atoms with Crippen LogP contribution < -0.4 is 14.8 Å². The van der Waals surface area contributed by atoms with Gasteiger partial charge in [0, 0.05) is 30.9 Å². The van der Waals surface area contributed by atoms with Gasteiger partial charge in [-0.25, -0.2) is 4.98 Å². The van der Waals surface area contributed by atoms with Gasteiger partial charge >= 0.3 is 0 Å². The van der Waals surface area contributed by atoms with E-state index in [-0.39, 0.29) is 11.2 Å². The third-order valence-electron chi connectivity index (χ3n) is 4.02. The molecule has 6 nitrogen and oxygen atoms in total. The van der Waals surface area contributed by atoms with Gasteiger partial charge in [-0.2, -0.15) is 0 Å². The molecule has 0 aliphatic heterocycles. The zero-order valence-corrected chi connectivity index (χ0v) is 16.0. The predicted octanol–water partition coefficient (Wildman–Crippen LogP) is 3.71. The topological polar surface area (TPSA) is 65.4 Å². The van der Waals surface area contributed by atoms with E-state index in [1.807, 2.05) is 42.8 Å². The molecule has 2 aromatic carbocycles. The Hall–Kier alpha value is -2.67. The van der Waals surface area contributed by atoms with E-state index in [4.69, 9.17) is 9.47 Å². The third kappa shape index (κ3) is 3.77. The Balaban J connectivity index is 1.74. The van der Waals surface area contributed by atoms with Crippen molar-refractivity contribution in [3.05, 3.63) is 42.5 Å². The number of fused-ring (bicyclic) bond motifs is 1. The van der Waals surface area contributed by atoms with Crippen LogP contribution in [0.3, 0.4) is 0 Å². The molecule has 0 spiro atoms. The molecule has 3 rings (SSSR count). The van der Waals surface area contributed by atoms with E-state index in [1.54, 1.807) is 32.4 Å². The zero-order chi connectivity index (χ0) is 18.7. The number of para-hydroxylation sites is 2. The monoisotopic (exact) mass is 371 g/mol. The van der Waals surface area contributed by atoms with Gasteiger partial charge in [0.05, 0.1) is 30.5 Å². The average molecular weight is 371 g/mol. The molecule has 0 saturated carbocycles. The van der Waals surface area contributed by atoms with Crippen LogP contribution in [0.2, 0.25) is 0 Å². The SMILES string of the molecule is COc1cc(NC(=O)[C@@H](C)Sc2nc3ccccc3n2C)cc(OC)c1. The second-order valence-corrected chi connectivity index (χ2v) is 7.10. The van der Waals surface area contributed by atoms with Gasteiger partial charge in [0.2, 0.25) is 5.91 Å².